The lowest BCUT2D eigenvalue weighted by Crippen LogP contribution is -2.04. The molecule has 0 aliphatic carbocycles. The van der Waals surface area contributed by atoms with Crippen molar-refractivity contribution >= 4 is 12.0 Å². The highest BCUT2D eigenvalue weighted by atomic mass is 19.4. The van der Waals surface area contributed by atoms with E-state index in [1.165, 1.54) is 18.2 Å². The van der Waals surface area contributed by atoms with Crippen molar-refractivity contribution in [3.63, 3.8) is 0 Å². The number of hydrogen-bond donors (Lipinski definition) is 0. The van der Waals surface area contributed by atoms with Crippen LogP contribution in [-0.2, 0) is 22.3 Å². The molecule has 0 saturated carbocycles. The molecule has 0 atom stereocenters. The van der Waals surface area contributed by atoms with E-state index in [0.29, 0.717) is 17.1 Å². The van der Waals surface area contributed by atoms with Crippen LogP contribution in [0.1, 0.15) is 16.7 Å². The highest BCUT2D eigenvalue weighted by molar-refractivity contribution is 5.87. The second-order valence-electron chi connectivity index (χ2n) is 5.25. The Hall–Kier alpha value is -2.96. The SMILES string of the molecule is O=C(/C=C/c1cccc(C(F)(F)F)c1)OCc1ccc2c(c1)OCO2. The van der Waals surface area contributed by atoms with E-state index in [2.05, 4.69) is 0 Å². The first-order chi connectivity index (χ1) is 11.9. The average molecular weight is 350 g/mol. The van der Waals surface area contributed by atoms with Crippen LogP contribution in [0, 0.1) is 0 Å². The number of ether oxygens (including phenoxy) is 3. The molecule has 130 valence electrons. The van der Waals surface area contributed by atoms with E-state index in [9.17, 15) is 18.0 Å². The van der Waals surface area contributed by atoms with Crippen LogP contribution in [0.5, 0.6) is 11.5 Å². The van der Waals surface area contributed by atoms with E-state index < -0.39 is 17.7 Å². The number of carbonyl (C=O) groups is 1. The smallest absolute Gasteiger partial charge is 0.416 e. The van der Waals surface area contributed by atoms with Crippen molar-refractivity contribution in [1.82, 2.24) is 0 Å². The molecule has 1 heterocycles. The molecule has 1 aliphatic heterocycles. The predicted octanol–water partition coefficient (Wildman–Crippen LogP) is 4.19. The fourth-order valence-electron chi connectivity index (χ4n) is 2.22. The van der Waals surface area contributed by atoms with Crippen LogP contribution >= 0.6 is 0 Å². The molecule has 0 unspecified atom stereocenters. The topological polar surface area (TPSA) is 44.8 Å². The van der Waals surface area contributed by atoms with E-state index in [1.54, 1.807) is 18.2 Å². The molecule has 0 saturated heterocycles. The predicted molar refractivity (Wildman–Crippen MR) is 82.8 cm³/mol. The summed E-state index contributed by atoms with van der Waals surface area (Å²) in [6, 6.07) is 9.82. The van der Waals surface area contributed by atoms with Gasteiger partial charge in [0.2, 0.25) is 6.79 Å². The number of hydrogen-bond acceptors (Lipinski definition) is 4. The number of benzene rings is 2. The van der Waals surface area contributed by atoms with E-state index in [4.69, 9.17) is 14.2 Å². The minimum Gasteiger partial charge on any atom is -0.458 e. The summed E-state index contributed by atoms with van der Waals surface area (Å²) in [6.07, 6.45) is -2.07. The molecule has 0 N–H and O–H groups in total. The fourth-order valence-corrected chi connectivity index (χ4v) is 2.22. The lowest BCUT2D eigenvalue weighted by Gasteiger charge is -2.06. The molecule has 0 fully saturated rings. The zero-order valence-corrected chi connectivity index (χ0v) is 12.9. The Kier molecular flexibility index (Phi) is 4.65. The molecule has 0 aromatic heterocycles. The molecule has 1 aliphatic rings. The number of rotatable bonds is 4. The van der Waals surface area contributed by atoms with Crippen molar-refractivity contribution in [2.45, 2.75) is 12.8 Å². The number of esters is 1. The zero-order chi connectivity index (χ0) is 17.9. The lowest BCUT2D eigenvalue weighted by molar-refractivity contribution is -0.139. The van der Waals surface area contributed by atoms with Crippen LogP contribution in [0.15, 0.2) is 48.5 Å². The maximum absolute atomic E-state index is 12.6. The lowest BCUT2D eigenvalue weighted by atomic mass is 10.1. The Morgan fingerprint density at radius 3 is 2.72 bits per heavy atom. The van der Waals surface area contributed by atoms with Crippen LogP contribution in [0.4, 0.5) is 13.2 Å². The Balaban J connectivity index is 1.58. The quantitative estimate of drug-likeness (QED) is 0.613. The van der Waals surface area contributed by atoms with Crippen molar-refractivity contribution in [3.05, 3.63) is 65.2 Å². The minimum absolute atomic E-state index is 0.0163. The first-order valence-electron chi connectivity index (χ1n) is 7.32. The number of carbonyl (C=O) groups excluding carboxylic acids is 1. The molecule has 0 radical (unpaired) electrons. The van der Waals surface area contributed by atoms with Gasteiger partial charge >= 0.3 is 12.1 Å². The van der Waals surface area contributed by atoms with Gasteiger partial charge in [0.05, 0.1) is 5.56 Å². The highest BCUT2D eigenvalue weighted by Crippen LogP contribution is 2.32. The van der Waals surface area contributed by atoms with Crippen molar-refractivity contribution in [2.75, 3.05) is 6.79 Å². The van der Waals surface area contributed by atoms with Gasteiger partial charge in [-0.25, -0.2) is 4.79 Å². The largest absolute Gasteiger partial charge is 0.458 e. The zero-order valence-electron chi connectivity index (χ0n) is 12.9. The molecule has 2 aromatic rings. The maximum Gasteiger partial charge on any atom is 0.416 e. The van der Waals surface area contributed by atoms with E-state index in [0.717, 1.165) is 18.2 Å². The summed E-state index contributed by atoms with van der Waals surface area (Å²) >= 11 is 0. The van der Waals surface area contributed by atoms with Gasteiger partial charge in [0.25, 0.3) is 0 Å². The average Bonchev–Trinajstić information content (AvgIpc) is 3.05. The molecule has 0 bridgehead atoms. The van der Waals surface area contributed by atoms with Crippen LogP contribution in [-0.4, -0.2) is 12.8 Å². The number of fused-ring (bicyclic) bond motifs is 1. The third-order valence-electron chi connectivity index (χ3n) is 3.44. The second-order valence-corrected chi connectivity index (χ2v) is 5.25. The van der Waals surface area contributed by atoms with Crippen molar-refractivity contribution in [2.24, 2.45) is 0 Å². The summed E-state index contributed by atoms with van der Waals surface area (Å²) in [4.78, 5) is 11.7. The van der Waals surface area contributed by atoms with Gasteiger partial charge in [0, 0.05) is 6.08 Å². The molecular weight excluding hydrogens is 337 g/mol. The molecule has 0 amide bonds. The van der Waals surface area contributed by atoms with E-state index in [-0.39, 0.29) is 19.0 Å². The van der Waals surface area contributed by atoms with E-state index >= 15 is 0 Å². The summed E-state index contributed by atoms with van der Waals surface area (Å²) in [7, 11) is 0. The van der Waals surface area contributed by atoms with Gasteiger partial charge in [-0.1, -0.05) is 18.2 Å². The van der Waals surface area contributed by atoms with Gasteiger partial charge in [-0.2, -0.15) is 13.2 Å². The summed E-state index contributed by atoms with van der Waals surface area (Å²) < 4.78 is 53.4. The fraction of sp³-hybridized carbons (Fsp3) is 0.167. The second kappa shape index (κ2) is 6.88. The molecular formula is C18H13F3O4. The summed E-state index contributed by atoms with van der Waals surface area (Å²) in [5.41, 5.74) is 0.198. The standard InChI is InChI=1S/C18H13F3O4/c19-18(20,21)14-3-1-2-12(8-14)5-7-17(22)23-10-13-4-6-15-16(9-13)25-11-24-15/h1-9H,10-11H2/b7-5+. The van der Waals surface area contributed by atoms with E-state index in [1.807, 2.05) is 0 Å². The van der Waals surface area contributed by atoms with Crippen LogP contribution in [0.3, 0.4) is 0 Å². The minimum atomic E-state index is -4.43. The van der Waals surface area contributed by atoms with Crippen LogP contribution < -0.4 is 9.47 Å². The molecule has 2 aromatic carbocycles. The van der Waals surface area contributed by atoms with Crippen molar-refractivity contribution in [3.8, 4) is 11.5 Å². The molecule has 4 nitrogen and oxygen atoms in total. The molecule has 0 spiro atoms. The Morgan fingerprint density at radius 1 is 1.12 bits per heavy atom. The van der Waals surface area contributed by atoms with Crippen LogP contribution in [0.25, 0.3) is 6.08 Å². The first kappa shape index (κ1) is 16.9. The molecule has 25 heavy (non-hydrogen) atoms. The van der Waals surface area contributed by atoms with Crippen LogP contribution in [0.2, 0.25) is 0 Å². The van der Waals surface area contributed by atoms with Gasteiger partial charge in [-0.15, -0.1) is 0 Å². The Morgan fingerprint density at radius 2 is 1.92 bits per heavy atom. The van der Waals surface area contributed by atoms with Crippen molar-refractivity contribution < 1.29 is 32.2 Å². The van der Waals surface area contributed by atoms with Gasteiger partial charge < -0.3 is 14.2 Å². The summed E-state index contributed by atoms with van der Waals surface area (Å²) in [5, 5.41) is 0. The first-order valence-corrected chi connectivity index (χ1v) is 7.32. The highest BCUT2D eigenvalue weighted by Gasteiger charge is 2.30. The van der Waals surface area contributed by atoms with Gasteiger partial charge in [-0.05, 0) is 41.5 Å². The maximum atomic E-state index is 12.6. The number of halogens is 3. The monoisotopic (exact) mass is 350 g/mol. The van der Waals surface area contributed by atoms with Gasteiger partial charge in [-0.3, -0.25) is 0 Å². The summed E-state index contributed by atoms with van der Waals surface area (Å²) in [6.45, 7) is 0.167. The third kappa shape index (κ3) is 4.32. The number of alkyl halides is 3. The molecule has 3 rings (SSSR count). The normalized spacial score (nSPS) is 13.2. The summed E-state index contributed by atoms with van der Waals surface area (Å²) in [5.74, 6) is 0.544. The Bertz CT molecular complexity index is 812. The van der Waals surface area contributed by atoms with Gasteiger partial charge in [0.1, 0.15) is 6.61 Å². The molecule has 7 heteroatoms. The van der Waals surface area contributed by atoms with Gasteiger partial charge in [0.15, 0.2) is 11.5 Å². The third-order valence-corrected chi connectivity index (χ3v) is 3.44. The Labute approximate surface area is 141 Å². The van der Waals surface area contributed by atoms with Crippen molar-refractivity contribution in [1.29, 1.82) is 0 Å².